The topological polar surface area (TPSA) is 13.1 Å². The minimum Gasteiger partial charge on any atom is -0.459 e. The first-order valence-electron chi connectivity index (χ1n) is 8.77. The second-order valence-electron chi connectivity index (χ2n) is 6.55. The Balaban J connectivity index is 1.88. The molecule has 1 nitrogen and oxygen atoms in total. The smallest absolute Gasteiger partial charge is 0.143 e. The molecule has 0 aliphatic heterocycles. The molecule has 2 aromatic carbocycles. The Morgan fingerprint density at radius 2 is 1.33 bits per heavy atom. The highest BCUT2D eigenvalue weighted by molar-refractivity contribution is 14.1. The van der Waals surface area contributed by atoms with Crippen molar-refractivity contribution in [3.63, 3.8) is 0 Å². The SMILES string of the molecule is Ic1c(C2CCCCC2)oc(-c2ccccc2)c1-c1ccccc1. The Labute approximate surface area is 157 Å². The zero-order chi connectivity index (χ0) is 16.4. The Morgan fingerprint density at radius 3 is 1.96 bits per heavy atom. The van der Waals surface area contributed by atoms with Crippen molar-refractivity contribution in [2.24, 2.45) is 0 Å². The molecule has 4 rings (SSSR count). The summed E-state index contributed by atoms with van der Waals surface area (Å²) in [5.41, 5.74) is 3.66. The van der Waals surface area contributed by atoms with E-state index in [0.29, 0.717) is 5.92 Å². The van der Waals surface area contributed by atoms with Gasteiger partial charge in [0.25, 0.3) is 0 Å². The number of hydrogen-bond donors (Lipinski definition) is 0. The molecular weight excluding hydrogens is 407 g/mol. The van der Waals surface area contributed by atoms with Crippen LogP contribution in [0.3, 0.4) is 0 Å². The van der Waals surface area contributed by atoms with Gasteiger partial charge in [0.1, 0.15) is 11.5 Å². The van der Waals surface area contributed by atoms with E-state index in [1.54, 1.807) is 0 Å². The largest absolute Gasteiger partial charge is 0.459 e. The van der Waals surface area contributed by atoms with Crippen LogP contribution in [0.25, 0.3) is 22.5 Å². The molecule has 1 fully saturated rings. The lowest BCUT2D eigenvalue weighted by Gasteiger charge is -2.19. The van der Waals surface area contributed by atoms with E-state index in [2.05, 4.69) is 83.3 Å². The monoisotopic (exact) mass is 428 g/mol. The van der Waals surface area contributed by atoms with Crippen LogP contribution in [0.2, 0.25) is 0 Å². The highest BCUT2D eigenvalue weighted by Crippen LogP contribution is 2.45. The van der Waals surface area contributed by atoms with Gasteiger partial charge in [-0.25, -0.2) is 0 Å². The van der Waals surface area contributed by atoms with Crippen molar-refractivity contribution < 1.29 is 4.42 Å². The summed E-state index contributed by atoms with van der Waals surface area (Å²) in [5, 5.41) is 0. The summed E-state index contributed by atoms with van der Waals surface area (Å²) < 4.78 is 7.81. The molecule has 0 spiro atoms. The number of rotatable bonds is 3. The minimum atomic E-state index is 0.575. The summed E-state index contributed by atoms with van der Waals surface area (Å²) >= 11 is 2.50. The predicted octanol–water partition coefficient (Wildman–Crippen LogP) is 7.27. The number of halogens is 1. The van der Waals surface area contributed by atoms with Crippen LogP contribution in [0.4, 0.5) is 0 Å². The van der Waals surface area contributed by atoms with Gasteiger partial charge in [-0.1, -0.05) is 79.9 Å². The Hall–Kier alpha value is -1.55. The second kappa shape index (κ2) is 7.14. The molecule has 0 saturated heterocycles. The van der Waals surface area contributed by atoms with Gasteiger partial charge in [-0.15, -0.1) is 0 Å². The molecular formula is C22H21IO. The third-order valence-corrected chi connectivity index (χ3v) is 6.02. The van der Waals surface area contributed by atoms with E-state index in [0.717, 1.165) is 11.3 Å². The van der Waals surface area contributed by atoms with Crippen molar-refractivity contribution >= 4 is 22.6 Å². The van der Waals surface area contributed by atoms with E-state index in [1.807, 2.05) is 0 Å². The van der Waals surface area contributed by atoms with Gasteiger partial charge in [-0.05, 0) is 41.0 Å². The van der Waals surface area contributed by atoms with E-state index in [9.17, 15) is 0 Å². The van der Waals surface area contributed by atoms with E-state index >= 15 is 0 Å². The molecule has 122 valence electrons. The van der Waals surface area contributed by atoms with Crippen LogP contribution in [-0.4, -0.2) is 0 Å². The van der Waals surface area contributed by atoms with Gasteiger partial charge in [0.2, 0.25) is 0 Å². The summed E-state index contributed by atoms with van der Waals surface area (Å²) in [5.74, 6) is 2.80. The zero-order valence-corrected chi connectivity index (χ0v) is 15.8. The maximum Gasteiger partial charge on any atom is 0.143 e. The van der Waals surface area contributed by atoms with Crippen molar-refractivity contribution in [1.29, 1.82) is 0 Å². The van der Waals surface area contributed by atoms with E-state index in [1.165, 1.54) is 52.6 Å². The molecule has 1 aliphatic rings. The maximum atomic E-state index is 6.52. The van der Waals surface area contributed by atoms with Gasteiger partial charge in [0, 0.05) is 17.0 Å². The van der Waals surface area contributed by atoms with Crippen molar-refractivity contribution in [3.8, 4) is 22.5 Å². The van der Waals surface area contributed by atoms with Crippen LogP contribution in [0.15, 0.2) is 65.1 Å². The summed E-state index contributed by atoms with van der Waals surface area (Å²) in [6, 6.07) is 21.2. The highest BCUT2D eigenvalue weighted by atomic mass is 127. The third-order valence-electron chi connectivity index (χ3n) is 4.95. The van der Waals surface area contributed by atoms with Crippen molar-refractivity contribution in [2.45, 2.75) is 38.0 Å². The fourth-order valence-electron chi connectivity index (χ4n) is 3.71. The fourth-order valence-corrected chi connectivity index (χ4v) is 4.82. The van der Waals surface area contributed by atoms with Gasteiger partial charge < -0.3 is 4.42 Å². The average molecular weight is 428 g/mol. The first-order valence-corrected chi connectivity index (χ1v) is 9.85. The van der Waals surface area contributed by atoms with Crippen molar-refractivity contribution in [3.05, 3.63) is 70.0 Å². The number of hydrogen-bond acceptors (Lipinski definition) is 1. The highest BCUT2D eigenvalue weighted by Gasteiger charge is 2.27. The molecule has 1 heterocycles. The third kappa shape index (κ3) is 3.04. The molecule has 1 aromatic heterocycles. The van der Waals surface area contributed by atoms with Gasteiger partial charge in [-0.3, -0.25) is 0 Å². The molecule has 3 aromatic rings. The fraction of sp³-hybridized carbons (Fsp3) is 0.273. The molecule has 0 radical (unpaired) electrons. The van der Waals surface area contributed by atoms with Crippen molar-refractivity contribution in [2.75, 3.05) is 0 Å². The summed E-state index contributed by atoms with van der Waals surface area (Å²) in [6.45, 7) is 0. The summed E-state index contributed by atoms with van der Waals surface area (Å²) in [7, 11) is 0. The van der Waals surface area contributed by atoms with Crippen molar-refractivity contribution in [1.82, 2.24) is 0 Å². The quantitative estimate of drug-likeness (QED) is 0.400. The molecule has 0 N–H and O–H groups in total. The molecule has 24 heavy (non-hydrogen) atoms. The van der Waals surface area contributed by atoms with Crippen LogP contribution in [0.5, 0.6) is 0 Å². The van der Waals surface area contributed by atoms with E-state index in [4.69, 9.17) is 4.42 Å². The molecule has 0 unspecified atom stereocenters. The lowest BCUT2D eigenvalue weighted by molar-refractivity contribution is 0.376. The van der Waals surface area contributed by atoms with Crippen LogP contribution in [-0.2, 0) is 0 Å². The van der Waals surface area contributed by atoms with Gasteiger partial charge in [-0.2, -0.15) is 0 Å². The lowest BCUT2D eigenvalue weighted by Crippen LogP contribution is -2.04. The zero-order valence-electron chi connectivity index (χ0n) is 13.7. The Kier molecular flexibility index (Phi) is 4.74. The minimum absolute atomic E-state index is 0.575. The predicted molar refractivity (Wildman–Crippen MR) is 108 cm³/mol. The van der Waals surface area contributed by atoms with E-state index in [-0.39, 0.29) is 0 Å². The summed E-state index contributed by atoms with van der Waals surface area (Å²) in [4.78, 5) is 0. The molecule has 1 aliphatic carbocycles. The van der Waals surface area contributed by atoms with Gasteiger partial charge >= 0.3 is 0 Å². The number of benzene rings is 2. The van der Waals surface area contributed by atoms with Gasteiger partial charge in [0.05, 0.1) is 3.57 Å². The molecule has 0 amide bonds. The number of furan rings is 1. The second-order valence-corrected chi connectivity index (χ2v) is 7.63. The van der Waals surface area contributed by atoms with Crippen LogP contribution >= 0.6 is 22.6 Å². The molecule has 0 atom stereocenters. The van der Waals surface area contributed by atoms with Crippen LogP contribution < -0.4 is 0 Å². The lowest BCUT2D eigenvalue weighted by atomic mass is 9.87. The standard InChI is InChI=1S/C22H21IO/c23-20-19(16-10-4-1-5-11-16)21(17-12-6-2-7-13-17)24-22(20)18-14-8-3-9-15-18/h1-2,4-7,10-13,18H,3,8-9,14-15H2. The Morgan fingerprint density at radius 1 is 0.750 bits per heavy atom. The molecule has 0 bridgehead atoms. The Bertz CT molecular complexity index is 799. The molecule has 2 heteroatoms. The first kappa shape index (κ1) is 15.9. The average Bonchev–Trinajstić information content (AvgIpc) is 3.01. The van der Waals surface area contributed by atoms with E-state index < -0.39 is 0 Å². The van der Waals surface area contributed by atoms with Gasteiger partial charge in [0.15, 0.2) is 0 Å². The summed E-state index contributed by atoms with van der Waals surface area (Å²) in [6.07, 6.45) is 6.52. The normalized spacial score (nSPS) is 15.5. The maximum absolute atomic E-state index is 6.52. The van der Waals surface area contributed by atoms with Crippen LogP contribution in [0.1, 0.15) is 43.8 Å². The first-order chi connectivity index (χ1) is 11.8. The molecule has 1 saturated carbocycles. The van der Waals surface area contributed by atoms with Crippen LogP contribution in [0, 0.1) is 3.57 Å².